The van der Waals surface area contributed by atoms with Crippen LogP contribution < -0.4 is 0 Å². The minimum atomic E-state index is -1.06. The minimum absolute atomic E-state index is 0.0401. The summed E-state index contributed by atoms with van der Waals surface area (Å²) in [5.74, 6) is -7.45. The highest BCUT2D eigenvalue weighted by molar-refractivity contribution is 7.99. The van der Waals surface area contributed by atoms with Crippen molar-refractivity contribution in [1.29, 1.82) is 0 Å². The van der Waals surface area contributed by atoms with E-state index in [2.05, 4.69) is 30.1 Å². The van der Waals surface area contributed by atoms with Crippen LogP contribution in [0.1, 0.15) is 124 Å². The Labute approximate surface area is 605 Å². The first-order chi connectivity index (χ1) is 48.9. The van der Waals surface area contributed by atoms with Gasteiger partial charge in [0.1, 0.15) is 74.0 Å². The number of hydrogen-bond acceptors (Lipinski definition) is 34. The van der Waals surface area contributed by atoms with Gasteiger partial charge >= 0.3 is 59.7 Å². The Bertz CT molecular complexity index is 3000. The highest BCUT2D eigenvalue weighted by atomic mass is 32.2. The van der Waals surface area contributed by atoms with E-state index in [4.69, 9.17) is 102 Å². The highest BCUT2D eigenvalue weighted by Crippen LogP contribution is 2.38. The Morgan fingerprint density at radius 2 is 0.673 bits per heavy atom. The lowest BCUT2D eigenvalue weighted by Gasteiger charge is -2.44. The Kier molecular flexibility index (Phi) is 39.4. The van der Waals surface area contributed by atoms with Gasteiger partial charge in [-0.15, -0.1) is 11.8 Å². The minimum Gasteiger partial charge on any atom is -0.463 e. The lowest BCUT2D eigenvalue weighted by atomic mass is 9.91. The van der Waals surface area contributed by atoms with Crippen molar-refractivity contribution in [3.63, 3.8) is 0 Å². The van der Waals surface area contributed by atoms with Crippen molar-refractivity contribution in [1.82, 2.24) is 0 Å². The first kappa shape index (κ1) is 90.8. The summed E-state index contributed by atoms with van der Waals surface area (Å²) in [4.78, 5) is 123. The van der Waals surface area contributed by atoms with Crippen molar-refractivity contribution in [3.05, 3.63) is 31.3 Å². The molecule has 12 unspecified atom stereocenters. The maximum absolute atomic E-state index is 11.8. The molecule has 40 heteroatoms. The number of aliphatic hydroxyl groups is 2. The van der Waals surface area contributed by atoms with E-state index in [0.717, 1.165) is 6.42 Å². The van der Waals surface area contributed by atoms with Gasteiger partial charge in [-0.25, -0.2) is 0 Å². The van der Waals surface area contributed by atoms with Crippen LogP contribution in [0.5, 0.6) is 0 Å². The Balaban J connectivity index is 0.000000380. The van der Waals surface area contributed by atoms with Gasteiger partial charge in [0, 0.05) is 119 Å². The van der Waals surface area contributed by atoms with Gasteiger partial charge in [-0.2, -0.15) is 0 Å². The van der Waals surface area contributed by atoms with E-state index in [-0.39, 0.29) is 81.5 Å². The van der Waals surface area contributed by atoms with Crippen molar-refractivity contribution in [2.24, 2.45) is 50.9 Å². The molecule has 39 nitrogen and oxygen atoms in total. The molecule has 6 heterocycles. The molecule has 0 radical (unpaired) electrons. The normalized spacial score (nSPS) is 34.8. The SMILES string of the molecule is CC(=O)OCC1O[C@@H](OCC2OCC(C)[C@@H](O)[C@H]2N=[N+]=[N-])C(C)[C@@H](OC(C)=O)[C@@H]1OC(C)=O.CC(=O)OCC1O[C@@H](OCC2OCC(C)[C@@H](OC(C)=O)[C@H]2N=[N+]=[N-])C(C)[C@@H](OC(C)=O)[C@@H]1OC(C)=O.CCC1OCC(C)[C@@H](O)[C@H]1N=[N+]=[N-].CS[C@@H]1OC(COC(C)=O)[C@@H](OC(C)=O)[C@H](OC(C)=O)C1C. The molecule has 6 saturated heterocycles. The second-order valence-corrected chi connectivity index (χ2v) is 26.5. The Morgan fingerprint density at radius 1 is 0.385 bits per heavy atom. The number of azide groups is 3. The van der Waals surface area contributed by atoms with Gasteiger partial charge in [0.25, 0.3) is 0 Å². The molecule has 0 aromatic rings. The number of ether oxygens (including phenoxy) is 18. The van der Waals surface area contributed by atoms with Crippen LogP contribution in [-0.2, 0) is 133 Å². The lowest BCUT2D eigenvalue weighted by Crippen LogP contribution is -2.59. The molecule has 0 saturated carbocycles. The summed E-state index contributed by atoms with van der Waals surface area (Å²) < 4.78 is 99.1. The fourth-order valence-electron chi connectivity index (χ4n) is 12.0. The standard InChI is InChI=1S/C22H33N3O11.C20H31N3O10.C14H22O7S.C8H15N3O2/c1-10-7-31-16(18(24-25-23)19(10)33-13(4)27)8-32-22-11(2)20(34-14(5)28)21(35-15(6)29)17(36-22)9-30-12(3)26;1-9-6-29-14(16(17(9)27)22-23-21)7-30-20-10(2)18(31-12(4)25)19(32-13(5)26)15(33-20)8-28-11(3)24;1-7-12(19-9(3)16)13(20-10(4)17)11(6-18-8(2)15)21-14(7)22-5;1-3-6-7(10-11-9)8(12)5(2)4-13-6/h10-11,16-22H,7-9H2,1-6H3;9-10,14-20,27H,6-8H2,1-5H3;7,11-14H,6H2,1-5H3;5-8,12H,3-4H2,1-2H3/t10?,11?,16?,17?,18-,19+,20+,21+,22+;9?,10?,14?,15?,16-,17+,18+,19+,20+;7?,11?,12-,13-,14+;5?,6?,7-,8+/m0010/s1. The van der Waals surface area contributed by atoms with Crippen molar-refractivity contribution in [3.8, 4) is 0 Å². The monoisotopic (exact) mass is 1510 g/mol. The predicted octanol–water partition coefficient (Wildman–Crippen LogP) is 4.91. The lowest BCUT2D eigenvalue weighted by molar-refractivity contribution is -0.295. The summed E-state index contributed by atoms with van der Waals surface area (Å²) in [6.07, 6.45) is -11.4. The first-order valence-corrected chi connectivity index (χ1v) is 34.9. The molecular formula is C64H101N9O30S. The Hall–Kier alpha value is -7.42. The molecule has 6 rings (SSSR count). The highest BCUT2D eigenvalue weighted by Gasteiger charge is 2.53. The van der Waals surface area contributed by atoms with Gasteiger partial charge in [0.05, 0.1) is 75.6 Å². The summed E-state index contributed by atoms with van der Waals surface area (Å²) in [7, 11) is 0. The topological polar surface area (TPSA) is 524 Å². The van der Waals surface area contributed by atoms with Crippen molar-refractivity contribution >= 4 is 71.5 Å². The van der Waals surface area contributed by atoms with Crippen LogP contribution in [-0.4, -0.2) is 257 Å². The van der Waals surface area contributed by atoms with E-state index in [0.29, 0.717) is 6.61 Å². The molecule has 2 N–H and O–H groups in total. The number of esters is 10. The maximum Gasteiger partial charge on any atom is 0.303 e. The molecular weight excluding hydrogens is 1410 g/mol. The van der Waals surface area contributed by atoms with Gasteiger partial charge in [-0.1, -0.05) is 63.8 Å². The number of carbonyl (C=O) groups is 10. The quantitative estimate of drug-likeness (QED) is 0.0426. The third-order valence-corrected chi connectivity index (χ3v) is 18.0. The van der Waals surface area contributed by atoms with Crippen LogP contribution in [0.2, 0.25) is 0 Å². The van der Waals surface area contributed by atoms with Crippen molar-refractivity contribution in [2.75, 3.05) is 59.1 Å². The fourth-order valence-corrected chi connectivity index (χ4v) is 12.8. The summed E-state index contributed by atoms with van der Waals surface area (Å²) in [5, 5.41) is 31.1. The molecule has 0 amide bonds. The van der Waals surface area contributed by atoms with E-state index in [1.54, 1.807) is 27.7 Å². The third-order valence-electron chi connectivity index (χ3n) is 17.0. The molecule has 0 aromatic carbocycles. The molecule has 0 aromatic heterocycles. The van der Waals surface area contributed by atoms with E-state index < -0.39 is 188 Å². The van der Waals surface area contributed by atoms with Gasteiger partial charge in [0.15, 0.2) is 30.9 Å². The third kappa shape index (κ3) is 28.8. The van der Waals surface area contributed by atoms with E-state index in [1.807, 2.05) is 27.0 Å². The fraction of sp³-hybridized carbons (Fsp3) is 0.844. The second kappa shape index (κ2) is 45.2. The average molecular weight is 1510 g/mol. The second-order valence-electron chi connectivity index (χ2n) is 25.6. The van der Waals surface area contributed by atoms with Gasteiger partial charge in [-0.05, 0) is 29.3 Å². The molecule has 0 bridgehead atoms. The molecule has 6 aliphatic rings. The van der Waals surface area contributed by atoms with Crippen molar-refractivity contribution in [2.45, 2.75) is 252 Å². The van der Waals surface area contributed by atoms with Crippen LogP contribution in [0.4, 0.5) is 0 Å². The smallest absolute Gasteiger partial charge is 0.303 e. The number of thioether (sulfide) groups is 1. The molecule has 6 fully saturated rings. The predicted molar refractivity (Wildman–Crippen MR) is 355 cm³/mol. The summed E-state index contributed by atoms with van der Waals surface area (Å²) in [5.41, 5.74) is 26.0. The summed E-state index contributed by atoms with van der Waals surface area (Å²) in [6.45, 7) is 25.1. The van der Waals surface area contributed by atoms with Crippen LogP contribution >= 0.6 is 11.8 Å². The van der Waals surface area contributed by atoms with Gasteiger partial charge in [-0.3, -0.25) is 47.9 Å². The average Bonchev–Trinajstić information content (AvgIpc) is 0.804. The zero-order chi connectivity index (χ0) is 78.4. The van der Waals surface area contributed by atoms with E-state index in [9.17, 15) is 58.2 Å². The maximum atomic E-state index is 11.8. The number of hydrogen-bond donors (Lipinski definition) is 2. The molecule has 588 valence electrons. The summed E-state index contributed by atoms with van der Waals surface area (Å²) in [6, 6.07) is -2.16. The molecule has 6 aliphatic heterocycles. The molecule has 0 spiro atoms. The van der Waals surface area contributed by atoms with Gasteiger partial charge in [0.2, 0.25) is 0 Å². The van der Waals surface area contributed by atoms with Crippen LogP contribution in [0, 0.1) is 35.5 Å². The molecule has 0 aliphatic carbocycles. The summed E-state index contributed by atoms with van der Waals surface area (Å²) >= 11 is 1.45. The van der Waals surface area contributed by atoms with Crippen LogP contribution in [0.25, 0.3) is 31.3 Å². The number of aliphatic hydroxyl groups excluding tert-OH is 2. The molecule has 27 atom stereocenters. The largest absolute Gasteiger partial charge is 0.463 e. The van der Waals surface area contributed by atoms with Crippen LogP contribution in [0.15, 0.2) is 15.3 Å². The Morgan fingerprint density at radius 3 is 1.00 bits per heavy atom. The van der Waals surface area contributed by atoms with E-state index >= 15 is 0 Å². The zero-order valence-electron chi connectivity index (χ0n) is 61.7. The number of rotatable bonds is 24. The zero-order valence-corrected chi connectivity index (χ0v) is 62.5. The van der Waals surface area contributed by atoms with Gasteiger partial charge < -0.3 is 95.5 Å². The number of carbonyl (C=O) groups excluding carboxylic acids is 10. The van der Waals surface area contributed by atoms with E-state index in [1.165, 1.54) is 81.0 Å². The van der Waals surface area contributed by atoms with Crippen LogP contribution in [0.3, 0.4) is 0 Å². The molecule has 104 heavy (non-hydrogen) atoms. The first-order valence-electron chi connectivity index (χ1n) is 33.6. The number of nitrogens with zero attached hydrogens (tertiary/aromatic N) is 9. The van der Waals surface area contributed by atoms with Crippen molar-refractivity contribution < 1.29 is 143 Å².